The van der Waals surface area contributed by atoms with Gasteiger partial charge in [-0.3, -0.25) is 9.59 Å². The van der Waals surface area contributed by atoms with Crippen LogP contribution < -0.4 is 0 Å². The summed E-state index contributed by atoms with van der Waals surface area (Å²) in [5.74, 6) is -0.616. The molecule has 124 valence electrons. The highest BCUT2D eigenvalue weighted by Crippen LogP contribution is 2.29. The van der Waals surface area contributed by atoms with Crippen molar-refractivity contribution in [1.29, 1.82) is 0 Å². The summed E-state index contributed by atoms with van der Waals surface area (Å²) in [4.78, 5) is 26.4. The lowest BCUT2D eigenvalue weighted by Gasteiger charge is -2.22. The minimum Gasteiger partial charge on any atom is -0.343 e. The second-order valence-corrected chi connectivity index (χ2v) is 7.75. The topological polar surface area (TPSA) is 74.8 Å². The van der Waals surface area contributed by atoms with Crippen LogP contribution >= 0.6 is 0 Å². The lowest BCUT2D eigenvalue weighted by molar-refractivity contribution is -0.131. The molecule has 0 atom stereocenters. The average Bonchev–Trinajstić information content (AvgIpc) is 2.75. The predicted molar refractivity (Wildman–Crippen MR) is 84.3 cm³/mol. The zero-order valence-electron chi connectivity index (χ0n) is 12.9. The third-order valence-electron chi connectivity index (χ3n) is 4.40. The van der Waals surface area contributed by atoms with Gasteiger partial charge in [-0.15, -0.1) is 0 Å². The number of likely N-dealkylation sites (tertiary alicyclic amines) is 1. The van der Waals surface area contributed by atoms with Crippen LogP contribution in [-0.2, 0) is 14.8 Å². The van der Waals surface area contributed by atoms with Gasteiger partial charge in [-0.1, -0.05) is 25.0 Å². The quantitative estimate of drug-likeness (QED) is 0.841. The fourth-order valence-corrected chi connectivity index (χ4v) is 4.70. The molecule has 0 N–H and O–H groups in total. The van der Waals surface area contributed by atoms with Crippen LogP contribution in [0.1, 0.15) is 42.5 Å². The Morgan fingerprint density at radius 3 is 2.35 bits per heavy atom. The normalized spacial score (nSPS) is 20.3. The van der Waals surface area contributed by atoms with E-state index in [1.54, 1.807) is 17.0 Å². The van der Waals surface area contributed by atoms with Gasteiger partial charge in [0.1, 0.15) is 4.90 Å². The Hall–Kier alpha value is -1.89. The van der Waals surface area contributed by atoms with E-state index in [0.29, 0.717) is 0 Å². The van der Waals surface area contributed by atoms with Crippen molar-refractivity contribution in [3.8, 4) is 0 Å². The molecule has 23 heavy (non-hydrogen) atoms. The van der Waals surface area contributed by atoms with Crippen LogP contribution in [0.25, 0.3) is 0 Å². The SMILES string of the molecule is O=C(CCN1C(=O)c2ccccc2S1(=O)=O)N1CCCCCC1. The summed E-state index contributed by atoms with van der Waals surface area (Å²) < 4.78 is 25.7. The van der Waals surface area contributed by atoms with E-state index < -0.39 is 15.9 Å². The summed E-state index contributed by atoms with van der Waals surface area (Å²) >= 11 is 0. The first-order valence-corrected chi connectivity index (χ1v) is 9.40. The van der Waals surface area contributed by atoms with Crippen molar-refractivity contribution >= 4 is 21.8 Å². The van der Waals surface area contributed by atoms with E-state index in [1.807, 2.05) is 0 Å². The van der Waals surface area contributed by atoms with Crippen LogP contribution in [0.5, 0.6) is 0 Å². The molecule has 2 amide bonds. The van der Waals surface area contributed by atoms with E-state index in [2.05, 4.69) is 0 Å². The first-order chi connectivity index (χ1) is 11.0. The zero-order valence-corrected chi connectivity index (χ0v) is 13.7. The fraction of sp³-hybridized carbons (Fsp3) is 0.500. The molecule has 1 aromatic carbocycles. The molecule has 2 aliphatic heterocycles. The number of fused-ring (bicyclic) bond motifs is 1. The highest BCUT2D eigenvalue weighted by Gasteiger charge is 2.40. The van der Waals surface area contributed by atoms with Crippen molar-refractivity contribution in [3.63, 3.8) is 0 Å². The fourth-order valence-electron chi connectivity index (χ4n) is 3.13. The van der Waals surface area contributed by atoms with E-state index in [4.69, 9.17) is 0 Å². The molecule has 0 saturated carbocycles. The van der Waals surface area contributed by atoms with Crippen molar-refractivity contribution in [2.45, 2.75) is 37.0 Å². The van der Waals surface area contributed by atoms with Gasteiger partial charge in [0.25, 0.3) is 15.9 Å². The Bertz CT molecular complexity index is 721. The van der Waals surface area contributed by atoms with E-state index in [1.165, 1.54) is 12.1 Å². The summed E-state index contributed by atoms with van der Waals surface area (Å²) in [6.07, 6.45) is 4.26. The molecule has 1 saturated heterocycles. The van der Waals surface area contributed by atoms with E-state index >= 15 is 0 Å². The molecular weight excluding hydrogens is 316 g/mol. The Kier molecular flexibility index (Phi) is 4.39. The molecule has 3 rings (SSSR count). The smallest absolute Gasteiger partial charge is 0.269 e. The van der Waals surface area contributed by atoms with Crippen LogP contribution in [0.2, 0.25) is 0 Å². The molecule has 7 heteroatoms. The minimum absolute atomic E-state index is 0.0345. The second kappa shape index (κ2) is 6.31. The molecule has 1 aromatic rings. The molecule has 0 aliphatic carbocycles. The monoisotopic (exact) mass is 336 g/mol. The number of amides is 2. The van der Waals surface area contributed by atoms with Crippen molar-refractivity contribution in [2.75, 3.05) is 19.6 Å². The molecule has 0 bridgehead atoms. The molecule has 0 spiro atoms. The van der Waals surface area contributed by atoms with Crippen LogP contribution in [0.15, 0.2) is 29.2 Å². The highest BCUT2D eigenvalue weighted by atomic mass is 32.2. The number of benzene rings is 1. The van der Waals surface area contributed by atoms with E-state index in [9.17, 15) is 18.0 Å². The van der Waals surface area contributed by atoms with Crippen LogP contribution in [0.3, 0.4) is 0 Å². The van der Waals surface area contributed by atoms with Gasteiger partial charge in [0.05, 0.1) is 5.56 Å². The maximum atomic E-state index is 12.4. The van der Waals surface area contributed by atoms with Crippen LogP contribution in [0.4, 0.5) is 0 Å². The zero-order chi connectivity index (χ0) is 16.4. The summed E-state index contributed by atoms with van der Waals surface area (Å²) in [5.41, 5.74) is 0.190. The van der Waals surface area contributed by atoms with Gasteiger partial charge >= 0.3 is 0 Å². The number of sulfonamides is 1. The lowest BCUT2D eigenvalue weighted by Crippen LogP contribution is -2.37. The molecule has 1 fully saturated rings. The van der Waals surface area contributed by atoms with Crippen molar-refractivity contribution in [1.82, 2.24) is 9.21 Å². The molecule has 0 radical (unpaired) electrons. The maximum absolute atomic E-state index is 12.4. The summed E-state index contributed by atoms with van der Waals surface area (Å²) in [7, 11) is -3.82. The van der Waals surface area contributed by atoms with E-state index in [0.717, 1.165) is 43.1 Å². The predicted octanol–water partition coefficient (Wildman–Crippen LogP) is 1.62. The number of carbonyl (C=O) groups is 2. The maximum Gasteiger partial charge on any atom is 0.269 e. The van der Waals surface area contributed by atoms with Gasteiger partial charge in [0.2, 0.25) is 5.91 Å². The van der Waals surface area contributed by atoms with Crippen LogP contribution in [-0.4, -0.2) is 49.1 Å². The highest BCUT2D eigenvalue weighted by molar-refractivity contribution is 7.90. The van der Waals surface area contributed by atoms with Gasteiger partial charge in [-0.25, -0.2) is 12.7 Å². The van der Waals surface area contributed by atoms with Gasteiger partial charge in [-0.05, 0) is 25.0 Å². The summed E-state index contributed by atoms with van der Waals surface area (Å²) in [6, 6.07) is 6.17. The van der Waals surface area contributed by atoms with Gasteiger partial charge in [-0.2, -0.15) is 0 Å². The van der Waals surface area contributed by atoms with E-state index in [-0.39, 0.29) is 29.3 Å². The molecule has 0 unspecified atom stereocenters. The molecule has 0 aromatic heterocycles. The number of carbonyl (C=O) groups excluding carboxylic acids is 2. The number of hydrogen-bond acceptors (Lipinski definition) is 4. The largest absolute Gasteiger partial charge is 0.343 e. The first kappa shape index (κ1) is 16.0. The summed E-state index contributed by atoms with van der Waals surface area (Å²) in [6.45, 7) is 1.35. The number of nitrogens with zero attached hydrogens (tertiary/aromatic N) is 2. The third kappa shape index (κ3) is 2.97. The van der Waals surface area contributed by atoms with Gasteiger partial charge < -0.3 is 4.90 Å². The Labute approximate surface area is 136 Å². The van der Waals surface area contributed by atoms with Crippen molar-refractivity contribution < 1.29 is 18.0 Å². The minimum atomic E-state index is -3.82. The molecule has 2 aliphatic rings. The van der Waals surface area contributed by atoms with Crippen LogP contribution in [0, 0.1) is 0 Å². The van der Waals surface area contributed by atoms with Gasteiger partial charge in [0.15, 0.2) is 0 Å². The second-order valence-electron chi connectivity index (χ2n) is 5.92. The molecular formula is C16H20N2O4S. The lowest BCUT2D eigenvalue weighted by atomic mass is 10.2. The first-order valence-electron chi connectivity index (χ1n) is 7.96. The Balaban J connectivity index is 1.69. The Morgan fingerprint density at radius 1 is 1.04 bits per heavy atom. The molecule has 2 heterocycles. The van der Waals surface area contributed by atoms with Crippen molar-refractivity contribution in [2.24, 2.45) is 0 Å². The van der Waals surface area contributed by atoms with Gasteiger partial charge in [0, 0.05) is 26.1 Å². The summed E-state index contributed by atoms with van der Waals surface area (Å²) in [5, 5.41) is 0. The number of hydrogen-bond donors (Lipinski definition) is 0. The third-order valence-corrected chi connectivity index (χ3v) is 6.24. The number of rotatable bonds is 3. The van der Waals surface area contributed by atoms with Crippen molar-refractivity contribution in [3.05, 3.63) is 29.8 Å². The molecule has 6 nitrogen and oxygen atoms in total. The average molecular weight is 336 g/mol. The standard InChI is InChI=1S/C16H20N2O4S/c19-15(17-10-5-1-2-6-11-17)9-12-18-16(20)13-7-3-4-8-14(13)23(18,21)22/h3-4,7-8H,1-2,5-6,9-12H2. The Morgan fingerprint density at radius 2 is 1.70 bits per heavy atom.